The lowest BCUT2D eigenvalue weighted by Gasteiger charge is -2.11. The first-order valence-corrected chi connectivity index (χ1v) is 7.01. The van der Waals surface area contributed by atoms with Crippen molar-refractivity contribution in [1.82, 2.24) is 4.98 Å². The number of aliphatic carboxylic acids is 1. The molecule has 1 N–H and O–H groups in total. The molecule has 4 heteroatoms. The lowest BCUT2D eigenvalue weighted by Crippen LogP contribution is -2.14. The maximum atomic E-state index is 11.5. The first-order chi connectivity index (χ1) is 8.97. The molecule has 1 aromatic carbocycles. The predicted octanol–water partition coefficient (Wildman–Crippen LogP) is 3.48. The summed E-state index contributed by atoms with van der Waals surface area (Å²) in [6.07, 6.45) is 0.456. The first kappa shape index (κ1) is 13.7. The fourth-order valence-corrected chi connectivity index (χ4v) is 3.02. The van der Waals surface area contributed by atoms with E-state index >= 15 is 0 Å². The average Bonchev–Trinajstić information content (AvgIpc) is 2.65. The van der Waals surface area contributed by atoms with E-state index in [0.29, 0.717) is 6.42 Å². The maximum Gasteiger partial charge on any atom is 0.311 e. The number of carboxylic acids is 1. The molecule has 0 spiro atoms. The molecule has 19 heavy (non-hydrogen) atoms. The van der Waals surface area contributed by atoms with E-state index in [-0.39, 0.29) is 0 Å². The van der Waals surface area contributed by atoms with E-state index in [9.17, 15) is 9.90 Å². The van der Waals surface area contributed by atoms with Crippen LogP contribution in [-0.2, 0) is 11.2 Å². The van der Waals surface area contributed by atoms with Crippen LogP contribution in [0.5, 0.6) is 0 Å². The highest BCUT2D eigenvalue weighted by Crippen LogP contribution is 2.26. The van der Waals surface area contributed by atoms with Crippen molar-refractivity contribution >= 4 is 17.3 Å². The van der Waals surface area contributed by atoms with Crippen molar-refractivity contribution < 1.29 is 9.90 Å². The molecule has 0 aliphatic rings. The highest BCUT2D eigenvalue weighted by Gasteiger charge is 2.22. The van der Waals surface area contributed by atoms with E-state index in [4.69, 9.17) is 0 Å². The largest absolute Gasteiger partial charge is 0.481 e. The van der Waals surface area contributed by atoms with Gasteiger partial charge in [-0.1, -0.05) is 29.8 Å². The fraction of sp³-hybridized carbons (Fsp3) is 0.333. The number of benzene rings is 1. The summed E-state index contributed by atoms with van der Waals surface area (Å²) < 4.78 is 0. The van der Waals surface area contributed by atoms with Crippen LogP contribution in [0.1, 0.15) is 32.6 Å². The smallest absolute Gasteiger partial charge is 0.311 e. The molecule has 2 rings (SSSR count). The second kappa shape index (κ2) is 5.53. The van der Waals surface area contributed by atoms with Crippen LogP contribution in [0.15, 0.2) is 24.3 Å². The molecule has 0 aliphatic carbocycles. The number of aryl methyl sites for hydroxylation is 3. The van der Waals surface area contributed by atoms with Crippen molar-refractivity contribution in [2.24, 2.45) is 0 Å². The zero-order valence-corrected chi connectivity index (χ0v) is 12.1. The number of hydrogen-bond donors (Lipinski definition) is 1. The summed E-state index contributed by atoms with van der Waals surface area (Å²) in [5, 5.41) is 10.3. The number of carboxylic acid groups (broad SMARTS) is 1. The number of rotatable bonds is 4. The predicted molar refractivity (Wildman–Crippen MR) is 76.8 cm³/mol. The molecule has 2 aromatic rings. The molecule has 0 bridgehead atoms. The molecule has 0 aliphatic heterocycles. The third-order valence-corrected chi connectivity index (χ3v) is 4.29. The van der Waals surface area contributed by atoms with E-state index in [1.807, 2.05) is 45.0 Å². The molecule has 0 amide bonds. The van der Waals surface area contributed by atoms with Crippen LogP contribution in [0.2, 0.25) is 0 Å². The van der Waals surface area contributed by atoms with Crippen molar-refractivity contribution in [3.63, 3.8) is 0 Å². The van der Waals surface area contributed by atoms with E-state index in [1.165, 1.54) is 0 Å². The molecular weight excluding hydrogens is 258 g/mol. The number of hydrogen-bond acceptors (Lipinski definition) is 3. The van der Waals surface area contributed by atoms with Gasteiger partial charge in [0.1, 0.15) is 0 Å². The van der Waals surface area contributed by atoms with Gasteiger partial charge in [0.25, 0.3) is 0 Å². The van der Waals surface area contributed by atoms with Crippen LogP contribution < -0.4 is 0 Å². The van der Waals surface area contributed by atoms with E-state index in [1.54, 1.807) is 11.3 Å². The Morgan fingerprint density at radius 1 is 1.37 bits per heavy atom. The summed E-state index contributed by atoms with van der Waals surface area (Å²) in [7, 11) is 0. The normalized spacial score (nSPS) is 12.4. The van der Waals surface area contributed by atoms with Gasteiger partial charge in [-0.3, -0.25) is 4.79 Å². The van der Waals surface area contributed by atoms with Gasteiger partial charge in [0, 0.05) is 11.3 Å². The summed E-state index contributed by atoms with van der Waals surface area (Å²) >= 11 is 1.58. The van der Waals surface area contributed by atoms with Gasteiger partial charge in [0.05, 0.1) is 16.6 Å². The van der Waals surface area contributed by atoms with Gasteiger partial charge < -0.3 is 5.11 Å². The third kappa shape index (κ3) is 3.20. The minimum Gasteiger partial charge on any atom is -0.481 e. The molecule has 3 nitrogen and oxygen atoms in total. The Bertz CT molecular complexity index is 584. The van der Waals surface area contributed by atoms with E-state index < -0.39 is 11.9 Å². The van der Waals surface area contributed by atoms with Crippen molar-refractivity contribution in [2.75, 3.05) is 0 Å². The molecule has 1 atom stereocenters. The van der Waals surface area contributed by atoms with Gasteiger partial charge in [-0.05, 0) is 26.3 Å². The Labute approximate surface area is 116 Å². The Kier molecular flexibility index (Phi) is 4.00. The average molecular weight is 275 g/mol. The Morgan fingerprint density at radius 2 is 2.11 bits per heavy atom. The van der Waals surface area contributed by atoms with Gasteiger partial charge in [-0.2, -0.15) is 0 Å². The fourth-order valence-electron chi connectivity index (χ4n) is 2.04. The lowest BCUT2D eigenvalue weighted by atomic mass is 9.95. The second-order valence-corrected chi connectivity index (χ2v) is 6.05. The van der Waals surface area contributed by atoms with Crippen LogP contribution in [0.3, 0.4) is 0 Å². The Balaban J connectivity index is 2.29. The monoisotopic (exact) mass is 275 g/mol. The number of carbonyl (C=O) groups is 1. The standard InChI is InChI=1S/C15H17NO2S/c1-9-5-4-6-12(7-9)13(15(17)18)8-14-16-10(2)11(3)19-14/h4-7,13H,8H2,1-3H3,(H,17,18). The van der Waals surface area contributed by atoms with E-state index in [2.05, 4.69) is 4.98 Å². The van der Waals surface area contributed by atoms with Gasteiger partial charge in [0.2, 0.25) is 0 Å². The lowest BCUT2D eigenvalue weighted by molar-refractivity contribution is -0.138. The van der Waals surface area contributed by atoms with Gasteiger partial charge >= 0.3 is 5.97 Å². The number of aromatic nitrogens is 1. The maximum absolute atomic E-state index is 11.5. The Morgan fingerprint density at radius 3 is 2.63 bits per heavy atom. The van der Waals surface area contributed by atoms with Crippen LogP contribution in [-0.4, -0.2) is 16.1 Å². The second-order valence-electron chi connectivity index (χ2n) is 4.76. The summed E-state index contributed by atoms with van der Waals surface area (Å²) in [5.74, 6) is -1.32. The quantitative estimate of drug-likeness (QED) is 0.929. The number of thiazole rings is 1. The molecular formula is C15H17NO2S. The van der Waals surface area contributed by atoms with Crippen LogP contribution in [0, 0.1) is 20.8 Å². The molecule has 100 valence electrons. The summed E-state index contributed by atoms with van der Waals surface area (Å²) in [6.45, 7) is 5.94. The molecule has 0 saturated carbocycles. The minimum atomic E-state index is -0.795. The highest BCUT2D eigenvalue weighted by molar-refractivity contribution is 7.11. The number of nitrogens with zero attached hydrogens (tertiary/aromatic N) is 1. The molecule has 0 fully saturated rings. The zero-order chi connectivity index (χ0) is 14.0. The Hall–Kier alpha value is -1.68. The summed E-state index contributed by atoms with van der Waals surface area (Å²) in [4.78, 5) is 17.1. The van der Waals surface area contributed by atoms with Crippen LogP contribution >= 0.6 is 11.3 Å². The van der Waals surface area contributed by atoms with Crippen molar-refractivity contribution in [3.05, 3.63) is 51.0 Å². The van der Waals surface area contributed by atoms with Crippen LogP contribution in [0.25, 0.3) is 0 Å². The van der Waals surface area contributed by atoms with E-state index in [0.717, 1.165) is 26.7 Å². The van der Waals surface area contributed by atoms with Crippen molar-refractivity contribution in [3.8, 4) is 0 Å². The summed E-state index contributed by atoms with van der Waals surface area (Å²) in [6, 6.07) is 7.68. The zero-order valence-electron chi connectivity index (χ0n) is 11.3. The topological polar surface area (TPSA) is 50.2 Å². The van der Waals surface area contributed by atoms with Crippen molar-refractivity contribution in [2.45, 2.75) is 33.1 Å². The molecule has 1 heterocycles. The minimum absolute atomic E-state index is 0.456. The SMILES string of the molecule is Cc1cccc(C(Cc2nc(C)c(C)s2)C(=O)O)c1. The van der Waals surface area contributed by atoms with Gasteiger partial charge in [-0.15, -0.1) is 11.3 Å². The molecule has 0 saturated heterocycles. The molecule has 0 radical (unpaired) electrons. The van der Waals surface area contributed by atoms with Gasteiger partial charge in [-0.25, -0.2) is 4.98 Å². The molecule has 1 unspecified atom stereocenters. The van der Waals surface area contributed by atoms with Crippen LogP contribution in [0.4, 0.5) is 0 Å². The first-order valence-electron chi connectivity index (χ1n) is 6.19. The highest BCUT2D eigenvalue weighted by atomic mass is 32.1. The molecule has 1 aromatic heterocycles. The third-order valence-electron chi connectivity index (χ3n) is 3.19. The van der Waals surface area contributed by atoms with Crippen molar-refractivity contribution in [1.29, 1.82) is 0 Å². The van der Waals surface area contributed by atoms with Gasteiger partial charge in [0.15, 0.2) is 0 Å². The summed E-state index contributed by atoms with van der Waals surface area (Å²) in [5.41, 5.74) is 2.92.